The zero-order valence-electron chi connectivity index (χ0n) is 9.55. The number of ether oxygens (including phenoxy) is 1. The van der Waals surface area contributed by atoms with Crippen LogP contribution in [0.4, 0.5) is 0 Å². The molecular formula is C12H15NO4. The van der Waals surface area contributed by atoms with Gasteiger partial charge in [-0.1, -0.05) is 30.3 Å². The standard InChI is InChI=1S/C12H15NO4/c1-17-12(16)10(8-14)13-11(15)7-9-5-3-2-4-6-9/h2-6,10,14H,7-8H2,1H3,(H,13,15). The summed E-state index contributed by atoms with van der Waals surface area (Å²) >= 11 is 0. The van der Waals surface area contributed by atoms with Gasteiger partial charge >= 0.3 is 5.97 Å². The maximum atomic E-state index is 11.6. The Kier molecular flexibility index (Phi) is 5.16. The van der Waals surface area contributed by atoms with E-state index in [1.54, 1.807) is 0 Å². The van der Waals surface area contributed by atoms with Crippen molar-refractivity contribution in [2.45, 2.75) is 12.5 Å². The molecule has 0 aromatic heterocycles. The second-order valence-electron chi connectivity index (χ2n) is 3.49. The molecule has 0 heterocycles. The van der Waals surface area contributed by atoms with Crippen LogP contribution >= 0.6 is 0 Å². The van der Waals surface area contributed by atoms with Crippen molar-refractivity contribution in [2.75, 3.05) is 13.7 Å². The second kappa shape index (κ2) is 6.65. The lowest BCUT2D eigenvalue weighted by molar-refractivity contribution is -0.146. The number of methoxy groups -OCH3 is 1. The highest BCUT2D eigenvalue weighted by molar-refractivity contribution is 5.85. The minimum atomic E-state index is -1.00. The molecule has 0 radical (unpaired) electrons. The number of hydrogen-bond acceptors (Lipinski definition) is 4. The van der Waals surface area contributed by atoms with Crippen LogP contribution in [0.5, 0.6) is 0 Å². The average molecular weight is 237 g/mol. The summed E-state index contributed by atoms with van der Waals surface area (Å²) in [5.74, 6) is -0.991. The average Bonchev–Trinajstić information content (AvgIpc) is 2.36. The highest BCUT2D eigenvalue weighted by Gasteiger charge is 2.20. The maximum absolute atomic E-state index is 11.6. The zero-order valence-corrected chi connectivity index (χ0v) is 9.55. The van der Waals surface area contributed by atoms with E-state index in [4.69, 9.17) is 5.11 Å². The summed E-state index contributed by atoms with van der Waals surface area (Å²) in [5.41, 5.74) is 0.839. The first-order valence-corrected chi connectivity index (χ1v) is 5.19. The summed E-state index contributed by atoms with van der Waals surface area (Å²) in [7, 11) is 1.20. The van der Waals surface area contributed by atoms with Crippen LogP contribution in [0.15, 0.2) is 30.3 Å². The van der Waals surface area contributed by atoms with E-state index in [9.17, 15) is 9.59 Å². The Hall–Kier alpha value is -1.88. The predicted molar refractivity (Wildman–Crippen MR) is 61.2 cm³/mol. The van der Waals surface area contributed by atoms with E-state index < -0.39 is 18.6 Å². The van der Waals surface area contributed by atoms with Crippen LogP contribution < -0.4 is 5.32 Å². The van der Waals surface area contributed by atoms with Gasteiger partial charge in [-0.25, -0.2) is 4.79 Å². The van der Waals surface area contributed by atoms with Crippen molar-refractivity contribution in [3.8, 4) is 0 Å². The number of aliphatic hydroxyl groups is 1. The topological polar surface area (TPSA) is 75.6 Å². The minimum absolute atomic E-state index is 0.161. The Balaban J connectivity index is 2.51. The first kappa shape index (κ1) is 13.2. The molecule has 1 amide bonds. The highest BCUT2D eigenvalue weighted by Crippen LogP contribution is 1.99. The van der Waals surface area contributed by atoms with Crippen molar-refractivity contribution in [2.24, 2.45) is 0 Å². The van der Waals surface area contributed by atoms with E-state index in [0.717, 1.165) is 5.56 Å². The van der Waals surface area contributed by atoms with Crippen molar-refractivity contribution in [1.29, 1.82) is 0 Å². The molecule has 1 aromatic rings. The third-order valence-electron chi connectivity index (χ3n) is 2.21. The van der Waals surface area contributed by atoms with Crippen LogP contribution in [-0.4, -0.2) is 36.7 Å². The van der Waals surface area contributed by atoms with Gasteiger partial charge in [-0.15, -0.1) is 0 Å². The molecule has 1 atom stereocenters. The maximum Gasteiger partial charge on any atom is 0.330 e. The molecule has 5 heteroatoms. The number of esters is 1. The van der Waals surface area contributed by atoms with Crippen LogP contribution in [0.25, 0.3) is 0 Å². The lowest BCUT2D eigenvalue weighted by atomic mass is 10.1. The summed E-state index contributed by atoms with van der Waals surface area (Å²) in [6.45, 7) is -0.479. The van der Waals surface area contributed by atoms with E-state index in [1.807, 2.05) is 30.3 Å². The molecule has 1 rings (SSSR count). The number of hydrogen-bond donors (Lipinski definition) is 2. The molecule has 0 bridgehead atoms. The quantitative estimate of drug-likeness (QED) is 0.700. The molecule has 1 aromatic carbocycles. The zero-order chi connectivity index (χ0) is 12.7. The molecule has 5 nitrogen and oxygen atoms in total. The Morgan fingerprint density at radius 2 is 2.00 bits per heavy atom. The SMILES string of the molecule is COC(=O)C(CO)NC(=O)Cc1ccccc1. The molecular weight excluding hydrogens is 222 g/mol. The Bertz CT molecular complexity index is 377. The van der Waals surface area contributed by atoms with E-state index in [1.165, 1.54) is 7.11 Å². The lowest BCUT2D eigenvalue weighted by Gasteiger charge is -2.13. The Labute approximate surface area is 99.4 Å². The van der Waals surface area contributed by atoms with Crippen molar-refractivity contribution in [3.63, 3.8) is 0 Å². The van der Waals surface area contributed by atoms with Gasteiger partial charge in [-0.2, -0.15) is 0 Å². The van der Waals surface area contributed by atoms with Crippen LogP contribution in [0, 0.1) is 0 Å². The van der Waals surface area contributed by atoms with Crippen molar-refractivity contribution in [1.82, 2.24) is 5.32 Å². The summed E-state index contributed by atoms with van der Waals surface area (Å²) in [6.07, 6.45) is 0.161. The van der Waals surface area contributed by atoms with Crippen molar-refractivity contribution < 1.29 is 19.4 Å². The molecule has 0 fully saturated rings. The summed E-state index contributed by atoms with van der Waals surface area (Å²) in [6, 6.07) is 8.12. The number of carbonyl (C=O) groups excluding carboxylic acids is 2. The molecule has 92 valence electrons. The molecule has 1 unspecified atom stereocenters. The van der Waals surface area contributed by atoms with Gasteiger partial charge in [-0.05, 0) is 5.56 Å². The monoisotopic (exact) mass is 237 g/mol. The van der Waals surface area contributed by atoms with Gasteiger partial charge in [0.15, 0.2) is 6.04 Å². The number of carbonyl (C=O) groups is 2. The third kappa shape index (κ3) is 4.24. The first-order chi connectivity index (χ1) is 8.17. The summed E-state index contributed by atoms with van der Waals surface area (Å²) in [4.78, 5) is 22.7. The van der Waals surface area contributed by atoms with Gasteiger partial charge < -0.3 is 15.2 Å². The molecule has 0 aliphatic carbocycles. The van der Waals surface area contributed by atoms with Crippen LogP contribution in [0.3, 0.4) is 0 Å². The van der Waals surface area contributed by atoms with Crippen molar-refractivity contribution >= 4 is 11.9 Å². The van der Waals surface area contributed by atoms with Gasteiger partial charge in [0.05, 0.1) is 20.1 Å². The molecule has 0 aliphatic rings. The molecule has 0 saturated heterocycles. The number of nitrogens with one attached hydrogen (secondary N) is 1. The Morgan fingerprint density at radius 3 is 2.53 bits per heavy atom. The Morgan fingerprint density at radius 1 is 1.35 bits per heavy atom. The molecule has 2 N–H and O–H groups in total. The van der Waals surface area contributed by atoms with Gasteiger partial charge in [0.1, 0.15) is 0 Å². The van der Waals surface area contributed by atoms with E-state index in [0.29, 0.717) is 0 Å². The highest BCUT2D eigenvalue weighted by atomic mass is 16.5. The fourth-order valence-corrected chi connectivity index (χ4v) is 1.35. The number of amides is 1. The predicted octanol–water partition coefficient (Wildman–Crippen LogP) is -0.121. The minimum Gasteiger partial charge on any atom is -0.467 e. The van der Waals surface area contributed by atoms with E-state index in [2.05, 4.69) is 10.1 Å². The summed E-state index contributed by atoms with van der Waals surface area (Å²) in [5, 5.41) is 11.3. The van der Waals surface area contributed by atoms with Crippen LogP contribution in [0.1, 0.15) is 5.56 Å². The fourth-order valence-electron chi connectivity index (χ4n) is 1.35. The number of aliphatic hydroxyl groups excluding tert-OH is 1. The lowest BCUT2D eigenvalue weighted by Crippen LogP contribution is -2.44. The first-order valence-electron chi connectivity index (χ1n) is 5.19. The van der Waals surface area contributed by atoms with Crippen LogP contribution in [0.2, 0.25) is 0 Å². The van der Waals surface area contributed by atoms with Crippen molar-refractivity contribution in [3.05, 3.63) is 35.9 Å². The number of rotatable bonds is 5. The third-order valence-corrected chi connectivity index (χ3v) is 2.21. The van der Waals surface area contributed by atoms with Gasteiger partial charge in [-0.3, -0.25) is 4.79 Å². The van der Waals surface area contributed by atoms with Gasteiger partial charge in [0.2, 0.25) is 5.91 Å². The molecule has 0 aliphatic heterocycles. The normalized spacial score (nSPS) is 11.6. The largest absolute Gasteiger partial charge is 0.467 e. The summed E-state index contributed by atoms with van der Waals surface area (Å²) < 4.78 is 4.44. The van der Waals surface area contributed by atoms with E-state index >= 15 is 0 Å². The number of benzene rings is 1. The smallest absolute Gasteiger partial charge is 0.330 e. The molecule has 17 heavy (non-hydrogen) atoms. The van der Waals surface area contributed by atoms with Crippen LogP contribution in [-0.2, 0) is 20.7 Å². The van der Waals surface area contributed by atoms with Gasteiger partial charge in [0.25, 0.3) is 0 Å². The second-order valence-corrected chi connectivity index (χ2v) is 3.49. The molecule has 0 spiro atoms. The van der Waals surface area contributed by atoms with Gasteiger partial charge in [0, 0.05) is 0 Å². The molecule has 0 saturated carbocycles. The van der Waals surface area contributed by atoms with E-state index in [-0.39, 0.29) is 12.3 Å². The fraction of sp³-hybridized carbons (Fsp3) is 0.333.